The second kappa shape index (κ2) is 8.65. The highest BCUT2D eigenvalue weighted by Crippen LogP contribution is 2.32. The summed E-state index contributed by atoms with van der Waals surface area (Å²) in [5.41, 5.74) is 2.27. The first-order chi connectivity index (χ1) is 15.6. The predicted molar refractivity (Wildman–Crippen MR) is 121 cm³/mol. The van der Waals surface area contributed by atoms with Gasteiger partial charge in [0.2, 0.25) is 5.91 Å². The van der Waals surface area contributed by atoms with Crippen LogP contribution in [0.5, 0.6) is 5.75 Å². The first-order valence-corrected chi connectivity index (χ1v) is 11.3. The zero-order valence-electron chi connectivity index (χ0n) is 18.3. The van der Waals surface area contributed by atoms with Gasteiger partial charge in [-0.1, -0.05) is 18.2 Å². The Kier molecular flexibility index (Phi) is 5.55. The van der Waals surface area contributed by atoms with Gasteiger partial charge in [0.15, 0.2) is 0 Å². The van der Waals surface area contributed by atoms with Crippen molar-refractivity contribution in [2.24, 2.45) is 5.92 Å². The number of piperidine rings is 2. The number of nitrogens with zero attached hydrogens (tertiary/aromatic N) is 4. The standard InChI is InChI=1S/C25H28N4O3/c1-32-20-9-7-18(8-10-20)15-24(30)28-14-11-22-19(16-28)5-4-13-29(22)25(31)21-17-27-12-3-2-6-23(27)26-21/h2-3,6-10,12,17,19,22H,4-5,11,13-16H2,1H3/t19-,22+/m1/s1. The second-order valence-corrected chi connectivity index (χ2v) is 8.71. The van der Waals surface area contributed by atoms with Crippen molar-refractivity contribution in [1.82, 2.24) is 19.2 Å². The number of carbonyl (C=O) groups is 2. The molecule has 4 heterocycles. The third-order valence-corrected chi connectivity index (χ3v) is 6.78. The highest BCUT2D eigenvalue weighted by atomic mass is 16.5. The molecule has 2 aliphatic heterocycles. The number of imidazole rings is 1. The van der Waals surface area contributed by atoms with Crippen LogP contribution in [0.15, 0.2) is 54.9 Å². The molecule has 0 aliphatic carbocycles. The van der Waals surface area contributed by atoms with Crippen LogP contribution in [-0.2, 0) is 11.2 Å². The van der Waals surface area contributed by atoms with Crippen LogP contribution in [0.4, 0.5) is 0 Å². The summed E-state index contributed by atoms with van der Waals surface area (Å²) in [6, 6.07) is 13.6. The number of likely N-dealkylation sites (tertiary alicyclic amines) is 2. The molecular weight excluding hydrogens is 404 g/mol. The Morgan fingerprint density at radius 3 is 2.72 bits per heavy atom. The number of methoxy groups -OCH3 is 1. The molecule has 2 fully saturated rings. The molecule has 0 N–H and O–H groups in total. The Morgan fingerprint density at radius 1 is 1.09 bits per heavy atom. The summed E-state index contributed by atoms with van der Waals surface area (Å²) >= 11 is 0. The topological polar surface area (TPSA) is 67.2 Å². The van der Waals surface area contributed by atoms with E-state index in [0.29, 0.717) is 31.1 Å². The van der Waals surface area contributed by atoms with Gasteiger partial charge in [0, 0.05) is 38.1 Å². The molecule has 0 bridgehead atoms. The van der Waals surface area contributed by atoms with Gasteiger partial charge in [0.05, 0.1) is 13.5 Å². The molecular formula is C25H28N4O3. The van der Waals surface area contributed by atoms with Crippen LogP contribution in [-0.4, -0.2) is 63.8 Å². The second-order valence-electron chi connectivity index (χ2n) is 8.71. The van der Waals surface area contributed by atoms with Gasteiger partial charge in [-0.15, -0.1) is 0 Å². The number of pyridine rings is 1. The van der Waals surface area contributed by atoms with Crippen LogP contribution in [0.2, 0.25) is 0 Å². The van der Waals surface area contributed by atoms with Gasteiger partial charge in [-0.2, -0.15) is 0 Å². The SMILES string of the molecule is COc1ccc(CC(=O)N2CC[C@H]3[C@H](CCCN3C(=O)c3cn4ccccc4n3)C2)cc1. The zero-order valence-corrected chi connectivity index (χ0v) is 18.3. The highest BCUT2D eigenvalue weighted by Gasteiger charge is 2.39. The van der Waals surface area contributed by atoms with Gasteiger partial charge < -0.3 is 18.9 Å². The van der Waals surface area contributed by atoms with E-state index in [1.165, 1.54) is 0 Å². The lowest BCUT2D eigenvalue weighted by molar-refractivity contribution is -0.133. The van der Waals surface area contributed by atoms with Gasteiger partial charge in [-0.05, 0) is 55.0 Å². The first kappa shape index (κ1) is 20.5. The molecule has 2 amide bonds. The molecule has 7 nitrogen and oxygen atoms in total. The lowest BCUT2D eigenvalue weighted by Gasteiger charge is -2.47. The fraction of sp³-hybridized carbons (Fsp3) is 0.400. The van der Waals surface area contributed by atoms with E-state index in [1.54, 1.807) is 7.11 Å². The summed E-state index contributed by atoms with van der Waals surface area (Å²) in [5, 5.41) is 0. The number of hydrogen-bond donors (Lipinski definition) is 0. The lowest BCUT2D eigenvalue weighted by atomic mass is 9.83. The molecule has 3 aromatic rings. The molecule has 2 aliphatic rings. The van der Waals surface area contributed by atoms with E-state index in [2.05, 4.69) is 4.98 Å². The number of amides is 2. The third kappa shape index (κ3) is 3.95. The summed E-state index contributed by atoms with van der Waals surface area (Å²) in [6.07, 6.45) is 6.94. The Morgan fingerprint density at radius 2 is 1.94 bits per heavy atom. The monoisotopic (exact) mass is 432 g/mol. The van der Waals surface area contributed by atoms with Crippen LogP contribution in [0.1, 0.15) is 35.3 Å². The summed E-state index contributed by atoms with van der Waals surface area (Å²) in [5.74, 6) is 1.26. The molecule has 2 atom stereocenters. The van der Waals surface area contributed by atoms with Crippen LogP contribution >= 0.6 is 0 Å². The van der Waals surface area contributed by atoms with E-state index in [1.807, 2.05) is 69.1 Å². The normalized spacial score (nSPS) is 20.8. The lowest BCUT2D eigenvalue weighted by Crippen LogP contribution is -2.56. The largest absolute Gasteiger partial charge is 0.497 e. The third-order valence-electron chi connectivity index (χ3n) is 6.78. The van der Waals surface area contributed by atoms with Crippen molar-refractivity contribution in [3.8, 4) is 5.75 Å². The Hall–Kier alpha value is -3.35. The maximum Gasteiger partial charge on any atom is 0.274 e. The van der Waals surface area contributed by atoms with Crippen LogP contribution < -0.4 is 4.74 Å². The molecule has 0 unspecified atom stereocenters. The molecule has 1 aromatic carbocycles. The highest BCUT2D eigenvalue weighted by molar-refractivity contribution is 5.93. The van der Waals surface area contributed by atoms with Crippen LogP contribution in [0.25, 0.3) is 5.65 Å². The molecule has 2 aromatic heterocycles. The molecule has 5 rings (SSSR count). The fourth-order valence-corrected chi connectivity index (χ4v) is 5.10. The molecule has 0 saturated carbocycles. The molecule has 0 radical (unpaired) electrons. The summed E-state index contributed by atoms with van der Waals surface area (Å²) in [6.45, 7) is 2.16. The Balaban J connectivity index is 1.25. The van der Waals surface area contributed by atoms with Crippen molar-refractivity contribution in [2.75, 3.05) is 26.7 Å². The molecule has 7 heteroatoms. The molecule has 32 heavy (non-hydrogen) atoms. The van der Waals surface area contributed by atoms with Crippen molar-refractivity contribution >= 4 is 17.5 Å². The maximum atomic E-state index is 13.3. The van der Waals surface area contributed by atoms with E-state index in [9.17, 15) is 9.59 Å². The summed E-state index contributed by atoms with van der Waals surface area (Å²) in [4.78, 5) is 34.7. The minimum Gasteiger partial charge on any atom is -0.497 e. The number of aromatic nitrogens is 2. The quantitative estimate of drug-likeness (QED) is 0.636. The summed E-state index contributed by atoms with van der Waals surface area (Å²) in [7, 11) is 1.64. The van der Waals surface area contributed by atoms with Crippen molar-refractivity contribution in [1.29, 1.82) is 0 Å². The average molecular weight is 433 g/mol. The van der Waals surface area contributed by atoms with Crippen molar-refractivity contribution in [3.63, 3.8) is 0 Å². The number of hydrogen-bond acceptors (Lipinski definition) is 4. The van der Waals surface area contributed by atoms with E-state index in [0.717, 1.165) is 42.8 Å². The average Bonchev–Trinajstić information content (AvgIpc) is 3.27. The zero-order chi connectivity index (χ0) is 22.1. The van der Waals surface area contributed by atoms with Crippen molar-refractivity contribution < 1.29 is 14.3 Å². The van der Waals surface area contributed by atoms with E-state index < -0.39 is 0 Å². The van der Waals surface area contributed by atoms with Gasteiger partial charge >= 0.3 is 0 Å². The number of carbonyl (C=O) groups excluding carboxylic acids is 2. The predicted octanol–water partition coefficient (Wildman–Crippen LogP) is 3.04. The molecule has 2 saturated heterocycles. The summed E-state index contributed by atoms with van der Waals surface area (Å²) < 4.78 is 7.08. The molecule has 0 spiro atoms. The van der Waals surface area contributed by atoms with Gasteiger partial charge in [-0.3, -0.25) is 9.59 Å². The van der Waals surface area contributed by atoms with Gasteiger partial charge in [-0.25, -0.2) is 4.98 Å². The van der Waals surface area contributed by atoms with Crippen LogP contribution in [0.3, 0.4) is 0 Å². The van der Waals surface area contributed by atoms with Gasteiger partial charge in [0.1, 0.15) is 17.1 Å². The Bertz CT molecular complexity index is 1090. The smallest absolute Gasteiger partial charge is 0.274 e. The number of benzene rings is 1. The Labute approximate surface area is 187 Å². The van der Waals surface area contributed by atoms with Crippen molar-refractivity contribution in [2.45, 2.75) is 31.7 Å². The van der Waals surface area contributed by atoms with E-state index in [-0.39, 0.29) is 17.9 Å². The molecule has 166 valence electrons. The van der Waals surface area contributed by atoms with Crippen LogP contribution in [0, 0.1) is 5.92 Å². The number of rotatable bonds is 4. The minimum atomic E-state index is 0.00130. The number of ether oxygens (including phenoxy) is 1. The number of fused-ring (bicyclic) bond motifs is 2. The maximum absolute atomic E-state index is 13.3. The fourth-order valence-electron chi connectivity index (χ4n) is 5.10. The minimum absolute atomic E-state index is 0.00130. The van der Waals surface area contributed by atoms with Crippen molar-refractivity contribution in [3.05, 3.63) is 66.1 Å². The van der Waals surface area contributed by atoms with E-state index in [4.69, 9.17) is 4.74 Å². The van der Waals surface area contributed by atoms with Gasteiger partial charge in [0.25, 0.3) is 5.91 Å². The first-order valence-electron chi connectivity index (χ1n) is 11.3. The van der Waals surface area contributed by atoms with E-state index >= 15 is 0 Å².